The molecule has 0 aliphatic heterocycles. The second-order valence-electron chi connectivity index (χ2n) is 16.2. The van der Waals surface area contributed by atoms with E-state index in [0.717, 1.165) is 33.6 Å². The number of nitrogens with zero attached hydrogens (tertiary/aromatic N) is 2. The Kier molecular flexibility index (Phi) is 8.20. The van der Waals surface area contributed by atoms with Crippen LogP contribution in [0.15, 0.2) is 206 Å². The Morgan fingerprint density at radius 1 is 0.322 bits per heavy atom. The molecule has 0 unspecified atom stereocenters. The van der Waals surface area contributed by atoms with Gasteiger partial charge in [-0.2, -0.15) is 0 Å². The molecule has 1 heterocycles. The fourth-order valence-corrected chi connectivity index (χ4v) is 9.17. The van der Waals surface area contributed by atoms with Crippen LogP contribution in [0.3, 0.4) is 0 Å². The van der Waals surface area contributed by atoms with Gasteiger partial charge in [-0.05, 0) is 108 Å². The van der Waals surface area contributed by atoms with E-state index in [4.69, 9.17) is 9.97 Å². The zero-order valence-corrected chi connectivity index (χ0v) is 33.0. The highest BCUT2D eigenvalue weighted by Gasteiger charge is 2.37. The summed E-state index contributed by atoms with van der Waals surface area (Å²) in [6.07, 6.45) is 0. The third-order valence-electron chi connectivity index (χ3n) is 12.3. The molecule has 0 N–H and O–H groups in total. The lowest BCUT2D eigenvalue weighted by atomic mass is 9.81. The molecule has 11 rings (SSSR count). The van der Waals surface area contributed by atoms with Crippen molar-refractivity contribution in [1.29, 1.82) is 0 Å². The first kappa shape index (κ1) is 34.8. The van der Waals surface area contributed by atoms with E-state index in [9.17, 15) is 0 Å². The van der Waals surface area contributed by atoms with Crippen molar-refractivity contribution in [3.8, 4) is 78.4 Å². The fraction of sp³-hybridized carbons (Fsp3) is 0.0526. The molecule has 0 amide bonds. The topological polar surface area (TPSA) is 25.8 Å². The summed E-state index contributed by atoms with van der Waals surface area (Å²) in [5, 5.41) is 4.95. The molecule has 2 heteroatoms. The van der Waals surface area contributed by atoms with Gasteiger partial charge in [-0.25, -0.2) is 9.97 Å². The van der Waals surface area contributed by atoms with Crippen molar-refractivity contribution in [1.82, 2.24) is 9.97 Å². The second kappa shape index (κ2) is 13.9. The molecule has 1 aromatic heterocycles. The van der Waals surface area contributed by atoms with Crippen LogP contribution in [0, 0.1) is 0 Å². The minimum atomic E-state index is -0.0796. The Bertz CT molecular complexity index is 3220. The minimum Gasteiger partial charge on any atom is -0.228 e. The summed E-state index contributed by atoms with van der Waals surface area (Å²) < 4.78 is 0. The van der Waals surface area contributed by atoms with Crippen molar-refractivity contribution in [3.63, 3.8) is 0 Å². The third-order valence-corrected chi connectivity index (χ3v) is 12.3. The van der Waals surface area contributed by atoms with Gasteiger partial charge in [0.05, 0.1) is 11.4 Å². The average Bonchev–Trinajstić information content (AvgIpc) is 3.53. The van der Waals surface area contributed by atoms with Gasteiger partial charge in [0, 0.05) is 22.1 Å². The highest BCUT2D eigenvalue weighted by molar-refractivity contribution is 6.01. The first-order valence-corrected chi connectivity index (χ1v) is 20.4. The number of hydrogen-bond acceptors (Lipinski definition) is 2. The largest absolute Gasteiger partial charge is 0.228 e. The maximum atomic E-state index is 5.19. The standard InChI is InChI=1S/C57H40N2/c1-57(2)51-25-13-24-48(55(51)50-33-43-18-9-10-19-44(43)35-52(50)57)40-28-26-39(27-29-40)47-23-12-20-38-30-31-46(34-49(38)47)54-36-53(58-56(59-54)41-16-7-4-8-17-41)45-22-11-21-42(32-45)37-14-5-3-6-15-37/h3-36H,1-2H3. The van der Waals surface area contributed by atoms with Gasteiger partial charge in [-0.1, -0.05) is 190 Å². The molecular formula is C57H40N2. The quantitative estimate of drug-likeness (QED) is 0.169. The molecule has 10 aromatic rings. The van der Waals surface area contributed by atoms with Crippen molar-refractivity contribution >= 4 is 21.5 Å². The van der Waals surface area contributed by atoms with Crippen molar-refractivity contribution in [2.75, 3.05) is 0 Å². The molecule has 0 radical (unpaired) electrons. The first-order chi connectivity index (χ1) is 29.0. The van der Waals surface area contributed by atoms with Crippen molar-refractivity contribution in [2.24, 2.45) is 0 Å². The molecule has 1 aliphatic carbocycles. The Morgan fingerprint density at radius 2 is 0.864 bits per heavy atom. The molecule has 0 saturated carbocycles. The number of benzene rings is 9. The van der Waals surface area contributed by atoms with E-state index >= 15 is 0 Å². The van der Waals surface area contributed by atoms with Gasteiger partial charge in [-0.15, -0.1) is 0 Å². The van der Waals surface area contributed by atoms with Crippen LogP contribution in [0.1, 0.15) is 25.0 Å². The summed E-state index contributed by atoms with van der Waals surface area (Å²) in [6, 6.07) is 74.4. The molecule has 0 spiro atoms. The highest BCUT2D eigenvalue weighted by atomic mass is 14.9. The average molecular weight is 753 g/mol. The van der Waals surface area contributed by atoms with Crippen molar-refractivity contribution in [3.05, 3.63) is 217 Å². The van der Waals surface area contributed by atoms with E-state index in [2.05, 4.69) is 202 Å². The summed E-state index contributed by atoms with van der Waals surface area (Å²) in [5.74, 6) is 0.707. The summed E-state index contributed by atoms with van der Waals surface area (Å²) in [4.78, 5) is 10.3. The van der Waals surface area contributed by atoms with E-state index in [0.29, 0.717) is 5.82 Å². The number of hydrogen-bond donors (Lipinski definition) is 0. The summed E-state index contributed by atoms with van der Waals surface area (Å²) >= 11 is 0. The monoisotopic (exact) mass is 752 g/mol. The Hall–Kier alpha value is -7.42. The minimum absolute atomic E-state index is 0.0796. The third kappa shape index (κ3) is 6.04. The smallest absolute Gasteiger partial charge is 0.160 e. The predicted octanol–water partition coefficient (Wildman–Crippen LogP) is 15.1. The van der Waals surface area contributed by atoms with Crippen LogP contribution in [0.5, 0.6) is 0 Å². The van der Waals surface area contributed by atoms with Gasteiger partial charge in [0.1, 0.15) is 0 Å². The van der Waals surface area contributed by atoms with Crippen molar-refractivity contribution < 1.29 is 0 Å². The lowest BCUT2D eigenvalue weighted by molar-refractivity contribution is 0.661. The molecule has 1 aliphatic rings. The van der Waals surface area contributed by atoms with Gasteiger partial charge in [0.15, 0.2) is 5.82 Å². The van der Waals surface area contributed by atoms with Crippen LogP contribution in [0.2, 0.25) is 0 Å². The summed E-state index contributed by atoms with van der Waals surface area (Å²) in [7, 11) is 0. The van der Waals surface area contributed by atoms with Crippen LogP contribution < -0.4 is 0 Å². The van der Waals surface area contributed by atoms with Gasteiger partial charge in [0.2, 0.25) is 0 Å². The molecule has 278 valence electrons. The van der Waals surface area contributed by atoms with E-state index in [1.165, 1.54) is 71.6 Å². The molecule has 0 saturated heterocycles. The second-order valence-corrected chi connectivity index (χ2v) is 16.2. The van der Waals surface area contributed by atoms with E-state index in [1.54, 1.807) is 0 Å². The number of fused-ring (bicyclic) bond motifs is 5. The molecule has 2 nitrogen and oxygen atoms in total. The van der Waals surface area contributed by atoms with Crippen molar-refractivity contribution in [2.45, 2.75) is 19.3 Å². The molecule has 59 heavy (non-hydrogen) atoms. The van der Waals surface area contributed by atoms with Crippen LogP contribution >= 0.6 is 0 Å². The Morgan fingerprint density at radius 3 is 1.61 bits per heavy atom. The van der Waals surface area contributed by atoms with Gasteiger partial charge in [0.25, 0.3) is 0 Å². The fourth-order valence-electron chi connectivity index (χ4n) is 9.17. The SMILES string of the molecule is CC1(C)c2cc3ccccc3cc2-c2c(-c3ccc(-c4cccc5ccc(-c6cc(-c7cccc(-c8ccccc8)c7)nc(-c7ccccc7)n6)cc45)cc3)cccc21. The number of aromatic nitrogens is 2. The first-order valence-electron chi connectivity index (χ1n) is 20.4. The molecule has 0 fully saturated rings. The molecule has 9 aromatic carbocycles. The summed E-state index contributed by atoms with van der Waals surface area (Å²) in [6.45, 7) is 4.73. The normalized spacial score (nSPS) is 12.7. The lowest BCUT2D eigenvalue weighted by Gasteiger charge is -2.22. The van der Waals surface area contributed by atoms with Crippen LogP contribution in [-0.4, -0.2) is 9.97 Å². The van der Waals surface area contributed by atoms with Gasteiger partial charge < -0.3 is 0 Å². The summed E-state index contributed by atoms with van der Waals surface area (Å²) in [5.41, 5.74) is 17.5. The van der Waals surface area contributed by atoms with Crippen LogP contribution in [-0.2, 0) is 5.41 Å². The van der Waals surface area contributed by atoms with Crippen LogP contribution in [0.4, 0.5) is 0 Å². The number of rotatable bonds is 6. The van der Waals surface area contributed by atoms with E-state index in [-0.39, 0.29) is 5.41 Å². The molecule has 0 bridgehead atoms. The Labute approximate surface area is 345 Å². The maximum Gasteiger partial charge on any atom is 0.160 e. The lowest BCUT2D eigenvalue weighted by Crippen LogP contribution is -2.14. The van der Waals surface area contributed by atoms with Gasteiger partial charge >= 0.3 is 0 Å². The zero-order chi connectivity index (χ0) is 39.5. The van der Waals surface area contributed by atoms with E-state index < -0.39 is 0 Å². The van der Waals surface area contributed by atoms with Gasteiger partial charge in [-0.3, -0.25) is 0 Å². The molecular weight excluding hydrogens is 713 g/mol. The maximum absolute atomic E-state index is 5.19. The molecule has 0 atom stereocenters. The van der Waals surface area contributed by atoms with E-state index in [1.807, 2.05) is 18.2 Å². The van der Waals surface area contributed by atoms with Crippen LogP contribution in [0.25, 0.3) is 100.0 Å². The predicted molar refractivity (Wildman–Crippen MR) is 247 cm³/mol. The zero-order valence-electron chi connectivity index (χ0n) is 33.0. The Balaban J connectivity index is 0.997. The highest BCUT2D eigenvalue weighted by Crippen LogP contribution is 2.53.